The van der Waals surface area contributed by atoms with Crippen LogP contribution < -0.4 is 11.3 Å². The Morgan fingerprint density at radius 1 is 1.38 bits per heavy atom. The fourth-order valence-corrected chi connectivity index (χ4v) is 3.66. The van der Waals surface area contributed by atoms with Crippen LogP contribution in [0, 0.1) is 12.8 Å². The third-order valence-electron chi connectivity index (χ3n) is 5.10. The first-order valence-electron chi connectivity index (χ1n) is 9.19. The third kappa shape index (κ3) is 4.71. The van der Waals surface area contributed by atoms with Gasteiger partial charge in [-0.2, -0.15) is 0 Å². The number of aromatic amines is 1. The highest BCUT2D eigenvalue weighted by atomic mass is 16.2. The number of benzene rings is 1. The van der Waals surface area contributed by atoms with Crippen molar-refractivity contribution in [3.63, 3.8) is 0 Å². The SMILES string of the molecule is Cc1ccccc1CC[C@@H]1CCCN(C(=O)Cc2cc(=O)[nH]c(N)n2)C1. The second kappa shape index (κ2) is 8.17. The predicted octanol–water partition coefficient (Wildman–Crippen LogP) is 2.07. The molecule has 1 aliphatic rings. The number of hydrogen-bond acceptors (Lipinski definition) is 4. The Bertz CT molecular complexity index is 831. The molecule has 0 unspecified atom stereocenters. The number of nitrogen functional groups attached to an aromatic ring is 1. The lowest BCUT2D eigenvalue weighted by atomic mass is 9.90. The Hall–Kier alpha value is -2.63. The highest BCUT2D eigenvalue weighted by molar-refractivity contribution is 5.78. The zero-order chi connectivity index (χ0) is 18.5. The van der Waals surface area contributed by atoms with E-state index in [0.29, 0.717) is 11.6 Å². The Kier molecular flexibility index (Phi) is 5.71. The van der Waals surface area contributed by atoms with Crippen LogP contribution in [0.15, 0.2) is 35.1 Å². The van der Waals surface area contributed by atoms with Crippen molar-refractivity contribution in [3.8, 4) is 0 Å². The van der Waals surface area contributed by atoms with Crippen molar-refractivity contribution in [2.75, 3.05) is 18.8 Å². The minimum Gasteiger partial charge on any atom is -0.369 e. The number of amides is 1. The number of nitrogens with one attached hydrogen (secondary N) is 1. The van der Waals surface area contributed by atoms with E-state index in [4.69, 9.17) is 5.73 Å². The summed E-state index contributed by atoms with van der Waals surface area (Å²) >= 11 is 0. The average Bonchev–Trinajstić information content (AvgIpc) is 2.60. The van der Waals surface area contributed by atoms with Gasteiger partial charge in [-0.1, -0.05) is 24.3 Å². The maximum atomic E-state index is 12.6. The van der Waals surface area contributed by atoms with E-state index in [9.17, 15) is 9.59 Å². The zero-order valence-electron chi connectivity index (χ0n) is 15.2. The molecule has 0 saturated carbocycles. The molecular weight excluding hydrogens is 328 g/mol. The molecule has 1 atom stereocenters. The maximum absolute atomic E-state index is 12.6. The number of rotatable bonds is 5. The Morgan fingerprint density at radius 3 is 2.96 bits per heavy atom. The van der Waals surface area contributed by atoms with Gasteiger partial charge in [-0.05, 0) is 49.7 Å². The Balaban J connectivity index is 1.56. The van der Waals surface area contributed by atoms with Crippen molar-refractivity contribution >= 4 is 11.9 Å². The number of anilines is 1. The summed E-state index contributed by atoms with van der Waals surface area (Å²) in [6.45, 7) is 3.70. The molecule has 1 aromatic heterocycles. The molecule has 2 heterocycles. The smallest absolute Gasteiger partial charge is 0.252 e. The number of aryl methyl sites for hydroxylation is 2. The number of piperidine rings is 1. The molecule has 1 amide bonds. The van der Waals surface area contributed by atoms with Gasteiger partial charge >= 0.3 is 0 Å². The van der Waals surface area contributed by atoms with E-state index >= 15 is 0 Å². The summed E-state index contributed by atoms with van der Waals surface area (Å²) in [6.07, 6.45) is 4.44. The van der Waals surface area contributed by atoms with Gasteiger partial charge in [0.25, 0.3) is 5.56 Å². The van der Waals surface area contributed by atoms with Crippen molar-refractivity contribution in [3.05, 3.63) is 57.5 Å². The fraction of sp³-hybridized carbons (Fsp3) is 0.450. The molecule has 6 nitrogen and oxygen atoms in total. The molecule has 1 saturated heterocycles. The van der Waals surface area contributed by atoms with Crippen LogP contribution >= 0.6 is 0 Å². The van der Waals surface area contributed by atoms with Gasteiger partial charge in [0, 0.05) is 19.2 Å². The summed E-state index contributed by atoms with van der Waals surface area (Å²) in [5, 5.41) is 0. The van der Waals surface area contributed by atoms with Crippen molar-refractivity contribution in [2.45, 2.75) is 39.0 Å². The van der Waals surface area contributed by atoms with Crippen LogP contribution in [-0.2, 0) is 17.6 Å². The van der Waals surface area contributed by atoms with Crippen LogP contribution in [0.2, 0.25) is 0 Å². The number of hydrogen-bond donors (Lipinski definition) is 2. The Morgan fingerprint density at radius 2 is 2.19 bits per heavy atom. The monoisotopic (exact) mass is 354 g/mol. The molecular formula is C20H26N4O2. The van der Waals surface area contributed by atoms with Gasteiger partial charge in [0.2, 0.25) is 11.9 Å². The molecule has 3 rings (SSSR count). The van der Waals surface area contributed by atoms with E-state index in [-0.39, 0.29) is 23.8 Å². The van der Waals surface area contributed by atoms with Crippen LogP contribution in [0.3, 0.4) is 0 Å². The highest BCUT2D eigenvalue weighted by Gasteiger charge is 2.24. The first-order valence-corrected chi connectivity index (χ1v) is 9.19. The van der Waals surface area contributed by atoms with Crippen molar-refractivity contribution in [1.29, 1.82) is 0 Å². The summed E-state index contributed by atoms with van der Waals surface area (Å²) in [6, 6.07) is 9.82. The van der Waals surface area contributed by atoms with E-state index in [0.717, 1.165) is 38.8 Å². The molecule has 0 aliphatic carbocycles. The van der Waals surface area contributed by atoms with Gasteiger partial charge in [-0.3, -0.25) is 14.6 Å². The van der Waals surface area contributed by atoms with Crippen LogP contribution in [-0.4, -0.2) is 33.9 Å². The normalized spacial score (nSPS) is 17.3. The first kappa shape index (κ1) is 18.2. The van der Waals surface area contributed by atoms with Gasteiger partial charge in [-0.25, -0.2) is 4.98 Å². The fourth-order valence-electron chi connectivity index (χ4n) is 3.66. The van der Waals surface area contributed by atoms with Crippen molar-refractivity contribution in [1.82, 2.24) is 14.9 Å². The van der Waals surface area contributed by atoms with Crippen LogP contribution in [0.4, 0.5) is 5.95 Å². The summed E-state index contributed by atoms with van der Waals surface area (Å²) in [5.74, 6) is 0.586. The average molecular weight is 354 g/mol. The lowest BCUT2D eigenvalue weighted by molar-refractivity contribution is -0.132. The van der Waals surface area contributed by atoms with Crippen LogP contribution in [0.5, 0.6) is 0 Å². The number of nitrogens with two attached hydrogens (primary N) is 1. The summed E-state index contributed by atoms with van der Waals surface area (Å²) < 4.78 is 0. The molecule has 26 heavy (non-hydrogen) atoms. The lowest BCUT2D eigenvalue weighted by Gasteiger charge is -2.33. The predicted molar refractivity (Wildman–Crippen MR) is 102 cm³/mol. The maximum Gasteiger partial charge on any atom is 0.252 e. The highest BCUT2D eigenvalue weighted by Crippen LogP contribution is 2.23. The molecule has 2 aromatic rings. The molecule has 3 N–H and O–H groups in total. The standard InChI is InChI=1S/C20H26N4O2/c1-14-5-2-3-7-16(14)9-8-15-6-4-10-24(13-15)19(26)12-17-11-18(25)23-20(21)22-17/h2-3,5,7,11,15H,4,6,8-10,12-13H2,1H3,(H3,21,22,23,25)/t15-/m0/s1. The molecule has 1 aromatic carbocycles. The van der Waals surface area contributed by atoms with Crippen molar-refractivity contribution in [2.24, 2.45) is 5.92 Å². The number of carbonyl (C=O) groups excluding carboxylic acids is 1. The first-order chi connectivity index (χ1) is 12.5. The lowest BCUT2D eigenvalue weighted by Crippen LogP contribution is -2.41. The topological polar surface area (TPSA) is 92.1 Å². The molecule has 138 valence electrons. The van der Waals surface area contributed by atoms with Gasteiger partial charge in [-0.15, -0.1) is 0 Å². The van der Waals surface area contributed by atoms with Gasteiger partial charge < -0.3 is 10.6 Å². The van der Waals surface area contributed by atoms with Gasteiger partial charge in [0.05, 0.1) is 12.1 Å². The minimum atomic E-state index is -0.324. The van der Waals surface area contributed by atoms with E-state index < -0.39 is 0 Å². The molecule has 6 heteroatoms. The van der Waals surface area contributed by atoms with E-state index in [1.165, 1.54) is 17.2 Å². The number of aromatic nitrogens is 2. The summed E-state index contributed by atoms with van der Waals surface area (Å²) in [4.78, 5) is 32.4. The number of nitrogens with zero attached hydrogens (tertiary/aromatic N) is 2. The van der Waals surface area contributed by atoms with E-state index in [1.807, 2.05) is 4.90 Å². The Labute approximate surface area is 153 Å². The number of likely N-dealkylation sites (tertiary alicyclic amines) is 1. The van der Waals surface area contributed by atoms with Gasteiger partial charge in [0.1, 0.15) is 0 Å². The van der Waals surface area contributed by atoms with E-state index in [1.54, 1.807) is 0 Å². The number of carbonyl (C=O) groups is 1. The molecule has 1 fully saturated rings. The molecule has 0 spiro atoms. The quantitative estimate of drug-likeness (QED) is 0.860. The zero-order valence-corrected chi connectivity index (χ0v) is 15.2. The second-order valence-corrected chi connectivity index (χ2v) is 7.11. The summed E-state index contributed by atoms with van der Waals surface area (Å²) in [7, 11) is 0. The minimum absolute atomic E-state index is 0.0168. The third-order valence-corrected chi connectivity index (χ3v) is 5.10. The molecule has 1 aliphatic heterocycles. The van der Waals surface area contributed by atoms with E-state index in [2.05, 4.69) is 41.2 Å². The number of H-pyrrole nitrogens is 1. The van der Waals surface area contributed by atoms with Crippen LogP contribution in [0.1, 0.15) is 36.1 Å². The second-order valence-electron chi connectivity index (χ2n) is 7.11. The summed E-state index contributed by atoms with van der Waals surface area (Å²) in [5.41, 5.74) is 8.37. The largest absolute Gasteiger partial charge is 0.369 e. The van der Waals surface area contributed by atoms with Crippen molar-refractivity contribution < 1.29 is 4.79 Å². The molecule has 0 radical (unpaired) electrons. The van der Waals surface area contributed by atoms with Gasteiger partial charge in [0.15, 0.2) is 0 Å². The van der Waals surface area contributed by atoms with Crippen LogP contribution in [0.25, 0.3) is 0 Å². The molecule has 0 bridgehead atoms.